The van der Waals surface area contributed by atoms with E-state index in [9.17, 15) is 14.4 Å². The number of allylic oxidation sites excluding steroid dienone is 2. The van der Waals surface area contributed by atoms with Gasteiger partial charge in [-0.3, -0.25) is 9.59 Å². The number of amides is 2. The third-order valence-corrected chi connectivity index (χ3v) is 9.31. The molecule has 1 spiro atoms. The second kappa shape index (κ2) is 11.3. The highest BCUT2D eigenvalue weighted by atomic mass is 16.5. The summed E-state index contributed by atoms with van der Waals surface area (Å²) in [5, 5.41) is 3.69. The molecule has 1 N–H and O–H groups in total. The Bertz CT molecular complexity index is 2010. The monoisotopic (exact) mass is 637 g/mol. The fraction of sp³-hybridized carbons (Fsp3) is 0.400. The zero-order valence-electron chi connectivity index (χ0n) is 27.4. The number of nitrogens with one attached hydrogen (secondary N) is 1. The average Bonchev–Trinajstić information content (AvgIpc) is 3.77. The standard InChI is InChI=1S/C35H39N7O5/c1-6-8-16-41-30(43)25-19-36-32(37-23-9-11-26-22(17-23)20-39(33(45)46-5)21-35(26)13-14-35)38-29(25)42(41)24-10-12-28-27(18-24)40(15-7-2)31(44)34(3,4)47-28/h6,8-12,17-19H,7,13-16,20-21H2,1-5H3,(H,36,37,38)/b8-6-. The van der Waals surface area contributed by atoms with Crippen LogP contribution >= 0.6 is 0 Å². The first kappa shape index (κ1) is 30.5. The molecule has 47 heavy (non-hydrogen) atoms. The summed E-state index contributed by atoms with van der Waals surface area (Å²) >= 11 is 0. The molecule has 2 aromatic heterocycles. The largest absolute Gasteiger partial charge is 0.476 e. The van der Waals surface area contributed by atoms with Crippen molar-refractivity contribution >= 4 is 40.4 Å². The molecule has 1 aliphatic carbocycles. The van der Waals surface area contributed by atoms with Crippen LogP contribution in [-0.4, -0.2) is 62.0 Å². The number of fused-ring (bicyclic) bond motifs is 4. The van der Waals surface area contributed by atoms with E-state index in [-0.39, 0.29) is 23.0 Å². The molecule has 0 saturated heterocycles. The van der Waals surface area contributed by atoms with E-state index >= 15 is 0 Å². The van der Waals surface area contributed by atoms with Gasteiger partial charge in [0, 0.05) is 36.9 Å². The fourth-order valence-corrected chi connectivity index (χ4v) is 6.85. The number of carbonyl (C=O) groups excluding carboxylic acids is 2. The van der Waals surface area contributed by atoms with Crippen molar-refractivity contribution in [2.24, 2.45) is 0 Å². The van der Waals surface area contributed by atoms with Crippen molar-refractivity contribution in [2.45, 2.75) is 71.1 Å². The highest BCUT2D eigenvalue weighted by Gasteiger charge is 2.50. The van der Waals surface area contributed by atoms with Crippen molar-refractivity contribution < 1.29 is 19.1 Å². The summed E-state index contributed by atoms with van der Waals surface area (Å²) in [5.41, 5.74) is 3.62. The van der Waals surface area contributed by atoms with E-state index in [0.717, 1.165) is 30.5 Å². The zero-order valence-corrected chi connectivity index (χ0v) is 27.4. The van der Waals surface area contributed by atoms with E-state index in [0.29, 0.717) is 60.3 Å². The Morgan fingerprint density at radius 2 is 1.96 bits per heavy atom. The lowest BCUT2D eigenvalue weighted by molar-refractivity contribution is -0.132. The lowest BCUT2D eigenvalue weighted by atomic mass is 9.87. The maximum Gasteiger partial charge on any atom is 0.409 e. The van der Waals surface area contributed by atoms with Crippen LogP contribution in [-0.2, 0) is 28.0 Å². The second-order valence-corrected chi connectivity index (χ2v) is 13.0. The van der Waals surface area contributed by atoms with E-state index in [4.69, 9.17) is 14.5 Å². The Kier molecular flexibility index (Phi) is 7.33. The molecule has 1 saturated carbocycles. The van der Waals surface area contributed by atoms with Crippen molar-refractivity contribution in [1.29, 1.82) is 0 Å². The molecule has 244 valence electrons. The maximum atomic E-state index is 13.7. The van der Waals surface area contributed by atoms with Gasteiger partial charge in [0.2, 0.25) is 5.95 Å². The first-order valence-corrected chi connectivity index (χ1v) is 16.1. The summed E-state index contributed by atoms with van der Waals surface area (Å²) in [6.45, 7) is 9.46. The minimum absolute atomic E-state index is 0.00534. The summed E-state index contributed by atoms with van der Waals surface area (Å²) in [4.78, 5) is 52.4. The lowest BCUT2D eigenvalue weighted by Gasteiger charge is -2.39. The fourth-order valence-electron chi connectivity index (χ4n) is 6.85. The van der Waals surface area contributed by atoms with E-state index < -0.39 is 5.60 Å². The van der Waals surface area contributed by atoms with Crippen LogP contribution in [0.2, 0.25) is 0 Å². The average molecular weight is 638 g/mol. The van der Waals surface area contributed by atoms with Crippen molar-refractivity contribution in [1.82, 2.24) is 24.2 Å². The number of anilines is 3. The van der Waals surface area contributed by atoms with E-state index in [1.165, 1.54) is 12.7 Å². The van der Waals surface area contributed by atoms with Gasteiger partial charge in [-0.2, -0.15) is 4.98 Å². The first-order valence-electron chi connectivity index (χ1n) is 16.1. The number of aromatic nitrogens is 4. The third kappa shape index (κ3) is 5.12. The molecule has 4 aromatic rings. The number of ether oxygens (including phenoxy) is 2. The molecule has 7 rings (SSSR count). The van der Waals surface area contributed by atoms with Crippen molar-refractivity contribution in [3.8, 4) is 11.4 Å². The summed E-state index contributed by atoms with van der Waals surface area (Å²) in [5.74, 6) is 0.810. The smallest absolute Gasteiger partial charge is 0.409 e. The van der Waals surface area contributed by atoms with Gasteiger partial charge in [-0.25, -0.2) is 19.1 Å². The van der Waals surface area contributed by atoms with Crippen LogP contribution in [0, 0.1) is 0 Å². The normalized spacial score (nSPS) is 17.5. The number of carbonyl (C=O) groups is 2. The van der Waals surface area contributed by atoms with Crippen LogP contribution in [0.15, 0.2) is 59.5 Å². The predicted octanol–water partition coefficient (Wildman–Crippen LogP) is 5.43. The second-order valence-electron chi connectivity index (χ2n) is 13.0. The van der Waals surface area contributed by atoms with Gasteiger partial charge in [0.25, 0.3) is 11.5 Å². The van der Waals surface area contributed by atoms with Crippen LogP contribution in [0.5, 0.6) is 5.75 Å². The highest BCUT2D eigenvalue weighted by Crippen LogP contribution is 2.53. The van der Waals surface area contributed by atoms with Gasteiger partial charge in [0.15, 0.2) is 11.2 Å². The van der Waals surface area contributed by atoms with Gasteiger partial charge in [-0.15, -0.1) is 0 Å². The van der Waals surface area contributed by atoms with Crippen LogP contribution in [0.3, 0.4) is 0 Å². The number of methoxy groups -OCH3 is 1. The highest BCUT2D eigenvalue weighted by molar-refractivity contribution is 6.02. The van der Waals surface area contributed by atoms with Crippen LogP contribution in [0.1, 0.15) is 58.1 Å². The molecule has 4 heterocycles. The minimum Gasteiger partial charge on any atom is -0.476 e. The quantitative estimate of drug-likeness (QED) is 0.266. The Labute approximate surface area is 272 Å². The summed E-state index contributed by atoms with van der Waals surface area (Å²) in [7, 11) is 1.41. The number of hydrogen-bond acceptors (Lipinski definition) is 8. The van der Waals surface area contributed by atoms with Crippen molar-refractivity contribution in [3.05, 3.63) is 76.2 Å². The number of benzene rings is 2. The summed E-state index contributed by atoms with van der Waals surface area (Å²) in [6, 6.07) is 11.8. The molecule has 2 amide bonds. The molecule has 0 bridgehead atoms. The molecule has 2 aromatic carbocycles. The molecular weight excluding hydrogens is 598 g/mol. The minimum atomic E-state index is -0.987. The molecule has 1 fully saturated rings. The van der Waals surface area contributed by atoms with E-state index in [2.05, 4.69) is 16.4 Å². The van der Waals surface area contributed by atoms with Crippen LogP contribution < -0.4 is 20.5 Å². The molecule has 2 aliphatic heterocycles. The number of nitrogens with zero attached hydrogens (tertiary/aromatic N) is 6. The Balaban J connectivity index is 1.30. The Morgan fingerprint density at radius 1 is 1.15 bits per heavy atom. The molecule has 0 radical (unpaired) electrons. The maximum absolute atomic E-state index is 13.7. The molecule has 0 atom stereocenters. The SMILES string of the molecule is C/C=C\Cn1c(=O)c2cnc(Nc3ccc4c(c3)CN(C(=O)OC)CC43CC3)nc2n1-c1ccc2c(c1)N(CCC)C(=O)C(C)(C)O2. The van der Waals surface area contributed by atoms with Gasteiger partial charge in [0.05, 0.1) is 25.0 Å². The molecule has 12 nitrogen and oxygen atoms in total. The third-order valence-electron chi connectivity index (χ3n) is 9.31. The lowest BCUT2D eigenvalue weighted by Crippen LogP contribution is -2.52. The zero-order chi connectivity index (χ0) is 33.1. The topological polar surface area (TPSA) is 124 Å². The number of rotatable bonds is 7. The summed E-state index contributed by atoms with van der Waals surface area (Å²) in [6.07, 6.45) is 7.87. The number of hydrogen-bond donors (Lipinski definition) is 1. The molecular formula is C35H39N7O5. The van der Waals surface area contributed by atoms with E-state index in [1.54, 1.807) is 39.2 Å². The van der Waals surface area contributed by atoms with Gasteiger partial charge >= 0.3 is 6.09 Å². The van der Waals surface area contributed by atoms with E-state index in [1.807, 2.05) is 56.3 Å². The Morgan fingerprint density at radius 3 is 2.68 bits per heavy atom. The first-order chi connectivity index (χ1) is 22.6. The van der Waals surface area contributed by atoms with Gasteiger partial charge in [0.1, 0.15) is 11.1 Å². The molecule has 3 aliphatic rings. The molecule has 12 heteroatoms. The van der Waals surface area contributed by atoms with Crippen molar-refractivity contribution in [3.63, 3.8) is 0 Å². The summed E-state index contributed by atoms with van der Waals surface area (Å²) < 4.78 is 14.5. The van der Waals surface area contributed by atoms with Crippen LogP contribution in [0.4, 0.5) is 22.1 Å². The van der Waals surface area contributed by atoms with Gasteiger partial charge < -0.3 is 24.6 Å². The van der Waals surface area contributed by atoms with Crippen molar-refractivity contribution in [2.75, 3.05) is 30.4 Å². The predicted molar refractivity (Wildman–Crippen MR) is 179 cm³/mol. The molecule has 0 unspecified atom stereocenters. The van der Waals surface area contributed by atoms with Crippen LogP contribution in [0.25, 0.3) is 16.7 Å². The van der Waals surface area contributed by atoms with Gasteiger partial charge in [-0.1, -0.05) is 25.1 Å². The van der Waals surface area contributed by atoms with Gasteiger partial charge in [-0.05, 0) is 81.5 Å². The Hall–Kier alpha value is -5.13.